The molecular weight excluding hydrogens is 250 g/mol. The van der Waals surface area contributed by atoms with Gasteiger partial charge in [0.25, 0.3) is 0 Å². The van der Waals surface area contributed by atoms with E-state index >= 15 is 0 Å². The number of fused-ring (bicyclic) bond motifs is 1. The van der Waals surface area contributed by atoms with Crippen molar-refractivity contribution in [1.29, 1.82) is 0 Å². The molecule has 20 heavy (non-hydrogen) atoms. The minimum Gasteiger partial charge on any atom is -0.439 e. The van der Waals surface area contributed by atoms with E-state index in [1.807, 2.05) is 24.3 Å². The number of nitrogens with zero attached hydrogens (tertiary/aromatic N) is 2. The minimum atomic E-state index is 0.462. The van der Waals surface area contributed by atoms with Gasteiger partial charge in [0.05, 0.1) is 6.54 Å². The van der Waals surface area contributed by atoms with Crippen LogP contribution in [0.5, 0.6) is 0 Å². The van der Waals surface area contributed by atoms with Gasteiger partial charge in [0.2, 0.25) is 5.89 Å². The lowest BCUT2D eigenvalue weighted by atomic mass is 9.89. The van der Waals surface area contributed by atoms with Crippen molar-refractivity contribution in [3.63, 3.8) is 0 Å². The van der Waals surface area contributed by atoms with Crippen LogP contribution in [0.4, 0.5) is 0 Å². The number of rotatable bonds is 4. The Kier molecular flexibility index (Phi) is 4.03. The van der Waals surface area contributed by atoms with Gasteiger partial charge < -0.3 is 10.2 Å². The van der Waals surface area contributed by atoms with E-state index in [1.165, 1.54) is 19.3 Å². The molecule has 4 heteroatoms. The fourth-order valence-electron chi connectivity index (χ4n) is 3.17. The topological polar surface area (TPSA) is 55.3 Å². The highest BCUT2D eigenvalue weighted by Gasteiger charge is 2.27. The van der Waals surface area contributed by atoms with Crippen molar-refractivity contribution in [2.75, 3.05) is 13.1 Å². The molecule has 2 aromatic rings. The molecule has 0 amide bonds. The number of oxazole rings is 1. The molecule has 1 aliphatic rings. The second-order valence-electron chi connectivity index (χ2n) is 5.73. The van der Waals surface area contributed by atoms with Gasteiger partial charge >= 0.3 is 0 Å². The molecule has 2 atom stereocenters. The first kappa shape index (κ1) is 13.6. The van der Waals surface area contributed by atoms with Crippen molar-refractivity contribution in [1.82, 2.24) is 9.88 Å². The third-order valence-corrected chi connectivity index (χ3v) is 4.47. The Bertz CT molecular complexity index is 533. The maximum atomic E-state index is 5.95. The van der Waals surface area contributed by atoms with Crippen LogP contribution < -0.4 is 5.73 Å². The molecule has 1 saturated heterocycles. The molecule has 0 aliphatic carbocycles. The van der Waals surface area contributed by atoms with Crippen LogP contribution in [-0.2, 0) is 6.54 Å². The van der Waals surface area contributed by atoms with Crippen LogP contribution in [0.15, 0.2) is 28.7 Å². The van der Waals surface area contributed by atoms with Gasteiger partial charge in [-0.05, 0) is 37.4 Å². The molecule has 0 radical (unpaired) electrons. The van der Waals surface area contributed by atoms with Crippen molar-refractivity contribution in [2.24, 2.45) is 11.7 Å². The molecule has 1 fully saturated rings. The summed E-state index contributed by atoms with van der Waals surface area (Å²) in [5.74, 6) is 1.63. The summed E-state index contributed by atoms with van der Waals surface area (Å²) in [5.41, 5.74) is 7.76. The number of nitrogens with two attached hydrogens (primary N) is 1. The fourth-order valence-corrected chi connectivity index (χ4v) is 3.17. The third-order valence-electron chi connectivity index (χ3n) is 4.47. The summed E-state index contributed by atoms with van der Waals surface area (Å²) >= 11 is 0. The monoisotopic (exact) mass is 273 g/mol. The van der Waals surface area contributed by atoms with Crippen LogP contribution in [0.3, 0.4) is 0 Å². The second-order valence-corrected chi connectivity index (χ2v) is 5.73. The summed E-state index contributed by atoms with van der Waals surface area (Å²) in [5, 5.41) is 0. The third kappa shape index (κ3) is 2.72. The molecule has 2 N–H and O–H groups in total. The molecule has 2 heterocycles. The SMILES string of the molecule is CCC1CCN(Cc2nc3ccccc3o2)C(CN)C1. The van der Waals surface area contributed by atoms with Gasteiger partial charge in [0.15, 0.2) is 5.58 Å². The molecule has 1 aromatic heterocycles. The number of aromatic nitrogens is 1. The number of hydrogen-bond donors (Lipinski definition) is 1. The van der Waals surface area contributed by atoms with Gasteiger partial charge in [0.1, 0.15) is 5.52 Å². The molecule has 3 rings (SSSR count). The largest absolute Gasteiger partial charge is 0.439 e. The van der Waals surface area contributed by atoms with E-state index in [1.54, 1.807) is 0 Å². The first-order valence-corrected chi connectivity index (χ1v) is 7.58. The van der Waals surface area contributed by atoms with E-state index in [0.29, 0.717) is 6.04 Å². The molecule has 1 aliphatic heterocycles. The molecule has 1 aromatic carbocycles. The van der Waals surface area contributed by atoms with E-state index in [9.17, 15) is 0 Å². The van der Waals surface area contributed by atoms with Crippen LogP contribution in [0.25, 0.3) is 11.1 Å². The van der Waals surface area contributed by atoms with Gasteiger partial charge in [-0.25, -0.2) is 4.98 Å². The lowest BCUT2D eigenvalue weighted by molar-refractivity contribution is 0.0986. The van der Waals surface area contributed by atoms with Crippen molar-refractivity contribution >= 4 is 11.1 Å². The number of benzene rings is 1. The quantitative estimate of drug-likeness (QED) is 0.930. The van der Waals surface area contributed by atoms with E-state index in [0.717, 1.165) is 42.5 Å². The molecule has 108 valence electrons. The molecule has 0 spiro atoms. The van der Waals surface area contributed by atoms with Gasteiger partial charge in [-0.15, -0.1) is 0 Å². The van der Waals surface area contributed by atoms with Crippen LogP contribution in [-0.4, -0.2) is 29.0 Å². The molecule has 0 bridgehead atoms. The molecule has 2 unspecified atom stereocenters. The van der Waals surface area contributed by atoms with Gasteiger partial charge in [0, 0.05) is 12.6 Å². The smallest absolute Gasteiger partial charge is 0.209 e. The zero-order valence-electron chi connectivity index (χ0n) is 12.1. The maximum Gasteiger partial charge on any atom is 0.209 e. The summed E-state index contributed by atoms with van der Waals surface area (Å²) in [4.78, 5) is 6.99. The number of piperidine rings is 1. The fraction of sp³-hybridized carbons (Fsp3) is 0.562. The van der Waals surface area contributed by atoms with E-state index in [2.05, 4.69) is 16.8 Å². The van der Waals surface area contributed by atoms with Crippen LogP contribution in [0, 0.1) is 5.92 Å². The summed E-state index contributed by atoms with van der Waals surface area (Å²) in [7, 11) is 0. The molecule has 0 saturated carbocycles. The zero-order valence-corrected chi connectivity index (χ0v) is 12.1. The standard InChI is InChI=1S/C16H23N3O/c1-2-12-7-8-19(13(9-12)10-17)11-16-18-14-5-3-4-6-15(14)20-16/h3-6,12-13H,2,7-11,17H2,1H3. The average molecular weight is 273 g/mol. The number of para-hydroxylation sites is 2. The Labute approximate surface area is 120 Å². The van der Waals surface area contributed by atoms with Gasteiger partial charge in [-0.2, -0.15) is 0 Å². The first-order valence-electron chi connectivity index (χ1n) is 7.58. The molecular formula is C16H23N3O. The van der Waals surface area contributed by atoms with Crippen LogP contribution in [0.2, 0.25) is 0 Å². The van der Waals surface area contributed by atoms with Gasteiger partial charge in [-0.1, -0.05) is 25.5 Å². The number of hydrogen-bond acceptors (Lipinski definition) is 4. The highest BCUT2D eigenvalue weighted by atomic mass is 16.3. The summed E-state index contributed by atoms with van der Waals surface area (Å²) in [6.45, 7) is 4.86. The Morgan fingerprint density at radius 1 is 1.40 bits per heavy atom. The second kappa shape index (κ2) is 5.94. The van der Waals surface area contributed by atoms with Crippen molar-refractivity contribution in [3.05, 3.63) is 30.2 Å². The lowest BCUT2D eigenvalue weighted by Crippen LogP contribution is -2.46. The predicted octanol–water partition coefficient (Wildman–Crippen LogP) is 2.78. The normalized spacial score (nSPS) is 24.3. The summed E-state index contributed by atoms with van der Waals surface area (Å²) < 4.78 is 5.82. The Balaban J connectivity index is 1.73. The van der Waals surface area contributed by atoms with E-state index < -0.39 is 0 Å². The zero-order chi connectivity index (χ0) is 13.9. The Morgan fingerprint density at radius 2 is 2.25 bits per heavy atom. The highest BCUT2D eigenvalue weighted by Crippen LogP contribution is 2.26. The van der Waals surface area contributed by atoms with Crippen molar-refractivity contribution in [2.45, 2.75) is 38.8 Å². The van der Waals surface area contributed by atoms with E-state index in [-0.39, 0.29) is 0 Å². The lowest BCUT2D eigenvalue weighted by Gasteiger charge is -2.38. The summed E-state index contributed by atoms with van der Waals surface area (Å²) in [6.07, 6.45) is 3.72. The van der Waals surface area contributed by atoms with Crippen molar-refractivity contribution < 1.29 is 4.42 Å². The van der Waals surface area contributed by atoms with Crippen LogP contribution in [0.1, 0.15) is 32.1 Å². The maximum absolute atomic E-state index is 5.95. The number of likely N-dealkylation sites (tertiary alicyclic amines) is 1. The average Bonchev–Trinajstić information content (AvgIpc) is 2.90. The van der Waals surface area contributed by atoms with Crippen LogP contribution >= 0.6 is 0 Å². The molecule has 4 nitrogen and oxygen atoms in total. The Hall–Kier alpha value is -1.39. The van der Waals surface area contributed by atoms with E-state index in [4.69, 9.17) is 10.2 Å². The van der Waals surface area contributed by atoms with Crippen molar-refractivity contribution in [3.8, 4) is 0 Å². The minimum absolute atomic E-state index is 0.462. The first-order chi connectivity index (χ1) is 9.80. The Morgan fingerprint density at radius 3 is 3.00 bits per heavy atom. The van der Waals surface area contributed by atoms with Gasteiger partial charge in [-0.3, -0.25) is 4.90 Å². The predicted molar refractivity (Wildman–Crippen MR) is 80.3 cm³/mol. The summed E-state index contributed by atoms with van der Waals surface area (Å²) in [6, 6.07) is 8.39. The highest BCUT2D eigenvalue weighted by molar-refractivity contribution is 5.72.